The molecule has 1 saturated heterocycles. The van der Waals surface area contributed by atoms with E-state index in [4.69, 9.17) is 0 Å². The standard InChI is InChI=1S/C17H23N3O2/c1-18-16(22)14-6-4-7-17(14)8-10-20(12-17)15(21)11-13-5-2-3-9-19-13/h2-3,5,9,14H,4,6-8,10-12H2,1H3,(H,18,22). The van der Waals surface area contributed by atoms with E-state index in [1.165, 1.54) is 0 Å². The van der Waals surface area contributed by atoms with E-state index >= 15 is 0 Å². The van der Waals surface area contributed by atoms with Gasteiger partial charge >= 0.3 is 0 Å². The van der Waals surface area contributed by atoms with E-state index in [1.54, 1.807) is 13.2 Å². The van der Waals surface area contributed by atoms with Crippen LogP contribution in [0.1, 0.15) is 31.4 Å². The molecule has 1 aliphatic heterocycles. The van der Waals surface area contributed by atoms with Crippen molar-refractivity contribution in [1.29, 1.82) is 0 Å². The predicted octanol–water partition coefficient (Wildman–Crippen LogP) is 1.39. The van der Waals surface area contributed by atoms with Crippen LogP contribution in [0.25, 0.3) is 0 Å². The minimum absolute atomic E-state index is 0.000129. The van der Waals surface area contributed by atoms with Gasteiger partial charge in [0, 0.05) is 43.4 Å². The van der Waals surface area contributed by atoms with Gasteiger partial charge in [-0.1, -0.05) is 12.5 Å². The van der Waals surface area contributed by atoms with E-state index in [1.807, 2.05) is 23.1 Å². The minimum atomic E-state index is -0.000129. The highest BCUT2D eigenvalue weighted by molar-refractivity contribution is 5.81. The third-order valence-electron chi connectivity index (χ3n) is 5.27. The van der Waals surface area contributed by atoms with Gasteiger partial charge in [0.05, 0.1) is 6.42 Å². The Hall–Kier alpha value is -1.91. The number of hydrogen-bond acceptors (Lipinski definition) is 3. The molecule has 1 aliphatic carbocycles. The molecule has 3 rings (SSSR count). The van der Waals surface area contributed by atoms with Crippen LogP contribution < -0.4 is 5.32 Å². The molecule has 1 saturated carbocycles. The van der Waals surface area contributed by atoms with Gasteiger partial charge < -0.3 is 10.2 Å². The molecule has 0 radical (unpaired) electrons. The van der Waals surface area contributed by atoms with E-state index < -0.39 is 0 Å². The molecule has 0 aromatic carbocycles. The monoisotopic (exact) mass is 301 g/mol. The summed E-state index contributed by atoms with van der Waals surface area (Å²) in [6, 6.07) is 5.64. The van der Waals surface area contributed by atoms with Crippen molar-refractivity contribution in [3.05, 3.63) is 30.1 Å². The number of nitrogens with one attached hydrogen (secondary N) is 1. The second-order valence-electron chi connectivity index (χ2n) is 6.48. The van der Waals surface area contributed by atoms with E-state index in [0.29, 0.717) is 6.42 Å². The summed E-state index contributed by atoms with van der Waals surface area (Å²) in [5, 5.41) is 2.79. The molecular weight excluding hydrogens is 278 g/mol. The summed E-state index contributed by atoms with van der Waals surface area (Å²) in [4.78, 5) is 30.8. The lowest BCUT2D eigenvalue weighted by Crippen LogP contribution is -2.40. The number of amides is 2. The zero-order valence-corrected chi connectivity index (χ0v) is 13.0. The second kappa shape index (κ2) is 6.07. The van der Waals surface area contributed by atoms with Crippen molar-refractivity contribution < 1.29 is 9.59 Å². The SMILES string of the molecule is CNC(=O)C1CCCC12CCN(C(=O)Cc1ccccn1)C2. The molecule has 118 valence electrons. The number of carbonyl (C=O) groups is 2. The van der Waals surface area contributed by atoms with Crippen molar-refractivity contribution in [3.8, 4) is 0 Å². The summed E-state index contributed by atoms with van der Waals surface area (Å²) in [5.41, 5.74) is 0.808. The molecular formula is C17H23N3O2. The van der Waals surface area contributed by atoms with Gasteiger partial charge in [0.15, 0.2) is 0 Å². The van der Waals surface area contributed by atoms with Crippen LogP contribution in [0.5, 0.6) is 0 Å². The number of carbonyl (C=O) groups excluding carboxylic acids is 2. The number of nitrogens with zero attached hydrogens (tertiary/aromatic N) is 2. The molecule has 2 fully saturated rings. The smallest absolute Gasteiger partial charge is 0.228 e. The van der Waals surface area contributed by atoms with Crippen LogP contribution in [0.3, 0.4) is 0 Å². The Bertz CT molecular complexity index is 560. The Morgan fingerprint density at radius 2 is 2.27 bits per heavy atom. The largest absolute Gasteiger partial charge is 0.359 e. The highest BCUT2D eigenvalue weighted by Crippen LogP contribution is 2.49. The average molecular weight is 301 g/mol. The van der Waals surface area contributed by atoms with Crippen molar-refractivity contribution in [2.75, 3.05) is 20.1 Å². The topological polar surface area (TPSA) is 62.3 Å². The molecule has 1 aromatic rings. The van der Waals surface area contributed by atoms with Gasteiger partial charge in [0.25, 0.3) is 0 Å². The Morgan fingerprint density at radius 1 is 1.41 bits per heavy atom. The second-order valence-corrected chi connectivity index (χ2v) is 6.48. The van der Waals surface area contributed by atoms with Crippen molar-refractivity contribution in [2.45, 2.75) is 32.1 Å². The number of likely N-dealkylation sites (tertiary alicyclic amines) is 1. The highest BCUT2D eigenvalue weighted by atomic mass is 16.2. The summed E-state index contributed by atoms with van der Waals surface area (Å²) in [6.45, 7) is 1.48. The van der Waals surface area contributed by atoms with Gasteiger partial charge in [0.1, 0.15) is 0 Å². The molecule has 2 aliphatic rings. The average Bonchev–Trinajstić information content (AvgIpc) is 3.15. The van der Waals surface area contributed by atoms with E-state index in [-0.39, 0.29) is 23.1 Å². The van der Waals surface area contributed by atoms with Crippen LogP contribution in [0.2, 0.25) is 0 Å². The van der Waals surface area contributed by atoms with E-state index in [2.05, 4.69) is 10.3 Å². The van der Waals surface area contributed by atoms with Crippen molar-refractivity contribution in [3.63, 3.8) is 0 Å². The normalized spacial score (nSPS) is 27.3. The van der Waals surface area contributed by atoms with Crippen LogP contribution in [-0.2, 0) is 16.0 Å². The van der Waals surface area contributed by atoms with Gasteiger partial charge in [-0.15, -0.1) is 0 Å². The fraction of sp³-hybridized carbons (Fsp3) is 0.588. The van der Waals surface area contributed by atoms with Gasteiger partial charge in [-0.25, -0.2) is 0 Å². The van der Waals surface area contributed by atoms with E-state index in [9.17, 15) is 9.59 Å². The maximum absolute atomic E-state index is 12.5. The zero-order valence-electron chi connectivity index (χ0n) is 13.0. The Kier molecular flexibility index (Phi) is 4.14. The van der Waals surface area contributed by atoms with Crippen LogP contribution in [0, 0.1) is 11.3 Å². The summed E-state index contributed by atoms with van der Waals surface area (Å²) in [7, 11) is 1.70. The zero-order chi connectivity index (χ0) is 15.6. The first-order chi connectivity index (χ1) is 10.6. The fourth-order valence-electron chi connectivity index (χ4n) is 4.09. The number of pyridine rings is 1. The van der Waals surface area contributed by atoms with Crippen molar-refractivity contribution in [2.24, 2.45) is 11.3 Å². The molecule has 1 aromatic heterocycles. The molecule has 1 spiro atoms. The Morgan fingerprint density at radius 3 is 3.00 bits per heavy atom. The summed E-state index contributed by atoms with van der Waals surface area (Å²) in [5.74, 6) is 0.319. The third kappa shape index (κ3) is 2.72. The molecule has 2 amide bonds. The van der Waals surface area contributed by atoms with Gasteiger partial charge in [0.2, 0.25) is 11.8 Å². The molecule has 2 atom stereocenters. The van der Waals surface area contributed by atoms with Gasteiger partial charge in [-0.2, -0.15) is 0 Å². The number of aromatic nitrogens is 1. The van der Waals surface area contributed by atoms with Crippen LogP contribution in [0.4, 0.5) is 0 Å². The molecule has 22 heavy (non-hydrogen) atoms. The lowest BCUT2D eigenvalue weighted by Gasteiger charge is -2.30. The molecule has 2 heterocycles. The first kappa shape index (κ1) is 15.0. The fourth-order valence-corrected chi connectivity index (χ4v) is 4.09. The quantitative estimate of drug-likeness (QED) is 0.917. The first-order valence-electron chi connectivity index (χ1n) is 8.04. The minimum Gasteiger partial charge on any atom is -0.359 e. The molecule has 5 nitrogen and oxygen atoms in total. The molecule has 0 bridgehead atoms. The lowest BCUT2D eigenvalue weighted by molar-refractivity contribution is -0.132. The third-order valence-corrected chi connectivity index (χ3v) is 5.27. The first-order valence-corrected chi connectivity index (χ1v) is 8.04. The molecule has 1 N–H and O–H groups in total. The summed E-state index contributed by atoms with van der Waals surface area (Å²) < 4.78 is 0. The molecule has 5 heteroatoms. The number of hydrogen-bond donors (Lipinski definition) is 1. The van der Waals surface area contributed by atoms with Crippen molar-refractivity contribution >= 4 is 11.8 Å². The molecule has 2 unspecified atom stereocenters. The Labute approximate surface area is 131 Å². The maximum atomic E-state index is 12.5. The van der Waals surface area contributed by atoms with Crippen LogP contribution in [-0.4, -0.2) is 41.8 Å². The van der Waals surface area contributed by atoms with E-state index in [0.717, 1.165) is 44.5 Å². The summed E-state index contributed by atoms with van der Waals surface area (Å²) in [6.07, 6.45) is 6.09. The predicted molar refractivity (Wildman–Crippen MR) is 83.0 cm³/mol. The van der Waals surface area contributed by atoms with Crippen LogP contribution in [0.15, 0.2) is 24.4 Å². The number of rotatable bonds is 3. The maximum Gasteiger partial charge on any atom is 0.228 e. The van der Waals surface area contributed by atoms with Gasteiger partial charge in [-0.05, 0) is 31.4 Å². The Balaban J connectivity index is 1.66. The van der Waals surface area contributed by atoms with Gasteiger partial charge in [-0.3, -0.25) is 14.6 Å². The summed E-state index contributed by atoms with van der Waals surface area (Å²) >= 11 is 0. The van der Waals surface area contributed by atoms with Crippen LogP contribution >= 0.6 is 0 Å². The lowest BCUT2D eigenvalue weighted by atomic mass is 9.76. The highest BCUT2D eigenvalue weighted by Gasteiger charge is 2.50. The van der Waals surface area contributed by atoms with Crippen molar-refractivity contribution in [1.82, 2.24) is 15.2 Å².